The molecule has 5 nitrogen and oxygen atoms in total. The van der Waals surface area contributed by atoms with Gasteiger partial charge in [0.2, 0.25) is 0 Å². The molecule has 148 valence electrons. The fraction of sp³-hybridized carbons (Fsp3) is 0.391. The first-order chi connectivity index (χ1) is 13.6. The molecule has 0 amide bonds. The fourth-order valence-corrected chi connectivity index (χ4v) is 4.17. The minimum Gasteiger partial charge on any atom is -0.497 e. The van der Waals surface area contributed by atoms with Crippen LogP contribution in [0.4, 0.5) is 0 Å². The van der Waals surface area contributed by atoms with E-state index in [1.54, 1.807) is 21.3 Å². The van der Waals surface area contributed by atoms with E-state index in [4.69, 9.17) is 14.2 Å². The number of aromatic nitrogens is 1. The Balaban J connectivity index is 1.98. The maximum absolute atomic E-state index is 5.60. The number of fused-ring (bicyclic) bond motifs is 3. The molecule has 0 unspecified atom stereocenters. The highest BCUT2D eigenvalue weighted by molar-refractivity contribution is 6.00. The van der Waals surface area contributed by atoms with Gasteiger partial charge in [-0.1, -0.05) is 12.1 Å². The molecule has 1 aliphatic heterocycles. The number of hydrogen-bond donors (Lipinski definition) is 0. The van der Waals surface area contributed by atoms with Crippen LogP contribution in [0.15, 0.2) is 36.4 Å². The standard InChI is InChI=1S/C23H28N2O3/c1-15(2)24-10-11-25-19-13-22(28-5)21(27-4)12-18(19)23(20(25)14-24)16-6-8-17(26-3)9-7-16/h6-9,12-13,15H,10-11,14H2,1-5H3. The third kappa shape index (κ3) is 3.00. The van der Waals surface area contributed by atoms with Gasteiger partial charge in [-0.05, 0) is 37.6 Å². The summed E-state index contributed by atoms with van der Waals surface area (Å²) in [5.74, 6) is 2.39. The van der Waals surface area contributed by atoms with Crippen molar-refractivity contribution in [2.45, 2.75) is 33.0 Å². The van der Waals surface area contributed by atoms with E-state index in [0.29, 0.717) is 6.04 Å². The zero-order valence-corrected chi connectivity index (χ0v) is 17.3. The van der Waals surface area contributed by atoms with Crippen molar-refractivity contribution in [1.82, 2.24) is 9.47 Å². The highest BCUT2D eigenvalue weighted by atomic mass is 16.5. The highest BCUT2D eigenvalue weighted by Gasteiger charge is 2.27. The maximum Gasteiger partial charge on any atom is 0.162 e. The van der Waals surface area contributed by atoms with Crippen LogP contribution < -0.4 is 14.2 Å². The molecule has 0 radical (unpaired) electrons. The molecule has 28 heavy (non-hydrogen) atoms. The minimum atomic E-state index is 0.513. The number of ether oxygens (including phenoxy) is 3. The van der Waals surface area contributed by atoms with Crippen LogP contribution in [0, 0.1) is 0 Å². The molecule has 0 fully saturated rings. The Morgan fingerprint density at radius 3 is 2.14 bits per heavy atom. The summed E-state index contributed by atoms with van der Waals surface area (Å²) in [6.07, 6.45) is 0. The maximum atomic E-state index is 5.60. The molecule has 0 saturated heterocycles. The molecule has 3 aromatic rings. The van der Waals surface area contributed by atoms with Gasteiger partial charge in [-0.3, -0.25) is 4.90 Å². The van der Waals surface area contributed by atoms with Crippen molar-refractivity contribution in [2.24, 2.45) is 0 Å². The summed E-state index contributed by atoms with van der Waals surface area (Å²) in [5.41, 5.74) is 5.00. The zero-order chi connectivity index (χ0) is 19.8. The van der Waals surface area contributed by atoms with Crippen molar-refractivity contribution < 1.29 is 14.2 Å². The molecular formula is C23H28N2O3. The van der Waals surface area contributed by atoms with Gasteiger partial charge in [0.1, 0.15) is 5.75 Å². The van der Waals surface area contributed by atoms with Gasteiger partial charge in [-0.15, -0.1) is 0 Å². The van der Waals surface area contributed by atoms with Crippen molar-refractivity contribution in [1.29, 1.82) is 0 Å². The van der Waals surface area contributed by atoms with E-state index in [1.165, 1.54) is 27.7 Å². The van der Waals surface area contributed by atoms with Crippen LogP contribution in [0.1, 0.15) is 19.5 Å². The summed E-state index contributed by atoms with van der Waals surface area (Å²) < 4.78 is 19.0. The van der Waals surface area contributed by atoms with Crippen molar-refractivity contribution >= 4 is 10.9 Å². The van der Waals surface area contributed by atoms with E-state index < -0.39 is 0 Å². The molecule has 1 aliphatic rings. The average Bonchev–Trinajstić information content (AvgIpc) is 3.05. The smallest absolute Gasteiger partial charge is 0.162 e. The monoisotopic (exact) mass is 380 g/mol. The molecule has 0 spiro atoms. The van der Waals surface area contributed by atoms with E-state index in [9.17, 15) is 0 Å². The van der Waals surface area contributed by atoms with Crippen molar-refractivity contribution in [3.8, 4) is 28.4 Å². The first-order valence-electron chi connectivity index (χ1n) is 9.73. The average molecular weight is 380 g/mol. The molecule has 0 bridgehead atoms. The first-order valence-corrected chi connectivity index (χ1v) is 9.73. The van der Waals surface area contributed by atoms with Gasteiger partial charge in [0.05, 0.1) is 26.8 Å². The van der Waals surface area contributed by atoms with Gasteiger partial charge in [0.25, 0.3) is 0 Å². The minimum absolute atomic E-state index is 0.513. The molecule has 0 aliphatic carbocycles. The lowest BCUT2D eigenvalue weighted by atomic mass is 10.0. The zero-order valence-electron chi connectivity index (χ0n) is 17.3. The van der Waals surface area contributed by atoms with Crippen LogP contribution in [0.2, 0.25) is 0 Å². The van der Waals surface area contributed by atoms with E-state index >= 15 is 0 Å². The van der Waals surface area contributed by atoms with Crippen LogP contribution in [-0.2, 0) is 13.1 Å². The summed E-state index contributed by atoms with van der Waals surface area (Å²) in [4.78, 5) is 2.52. The molecular weight excluding hydrogens is 352 g/mol. The summed E-state index contributed by atoms with van der Waals surface area (Å²) in [6, 6.07) is 13.1. The fourth-order valence-electron chi connectivity index (χ4n) is 4.17. The van der Waals surface area contributed by atoms with Crippen molar-refractivity contribution in [3.05, 3.63) is 42.1 Å². The lowest BCUT2D eigenvalue weighted by Crippen LogP contribution is -2.38. The molecule has 2 aromatic carbocycles. The molecule has 2 heterocycles. The lowest BCUT2D eigenvalue weighted by Gasteiger charge is -2.32. The molecule has 0 saturated carbocycles. The van der Waals surface area contributed by atoms with Crippen molar-refractivity contribution in [2.75, 3.05) is 27.9 Å². The Morgan fingerprint density at radius 1 is 0.857 bits per heavy atom. The van der Waals surface area contributed by atoms with Gasteiger partial charge in [0, 0.05) is 48.4 Å². The summed E-state index contributed by atoms with van der Waals surface area (Å²) in [7, 11) is 5.07. The van der Waals surface area contributed by atoms with Gasteiger partial charge < -0.3 is 18.8 Å². The van der Waals surface area contributed by atoms with Crippen molar-refractivity contribution in [3.63, 3.8) is 0 Å². The molecule has 0 N–H and O–H groups in total. The largest absolute Gasteiger partial charge is 0.497 e. The topological polar surface area (TPSA) is 35.9 Å². The van der Waals surface area contributed by atoms with E-state index in [0.717, 1.165) is 36.9 Å². The highest BCUT2D eigenvalue weighted by Crippen LogP contribution is 2.42. The second kappa shape index (κ2) is 7.40. The van der Waals surface area contributed by atoms with Crippen LogP contribution in [0.25, 0.3) is 22.0 Å². The summed E-state index contributed by atoms with van der Waals surface area (Å²) in [5, 5.41) is 1.20. The number of hydrogen-bond acceptors (Lipinski definition) is 4. The Morgan fingerprint density at radius 2 is 1.54 bits per heavy atom. The Bertz CT molecular complexity index is 989. The SMILES string of the molecule is COc1ccc(-c2c3n(c4cc(OC)c(OC)cc24)CCN(C(C)C)C3)cc1. The Kier molecular flexibility index (Phi) is 4.94. The van der Waals surface area contributed by atoms with Gasteiger partial charge in [0.15, 0.2) is 11.5 Å². The van der Waals surface area contributed by atoms with Crippen LogP contribution in [-0.4, -0.2) is 43.4 Å². The molecule has 5 heteroatoms. The summed E-state index contributed by atoms with van der Waals surface area (Å²) in [6.45, 7) is 7.47. The van der Waals surface area contributed by atoms with Gasteiger partial charge >= 0.3 is 0 Å². The molecule has 1 aromatic heterocycles. The quantitative estimate of drug-likeness (QED) is 0.650. The first kappa shape index (κ1) is 18.7. The summed E-state index contributed by atoms with van der Waals surface area (Å²) >= 11 is 0. The van der Waals surface area contributed by atoms with E-state index in [1.807, 2.05) is 12.1 Å². The third-order valence-corrected chi connectivity index (χ3v) is 5.75. The normalized spacial score (nSPS) is 14.4. The number of rotatable bonds is 5. The number of benzene rings is 2. The van der Waals surface area contributed by atoms with E-state index in [-0.39, 0.29) is 0 Å². The van der Waals surface area contributed by atoms with Crippen LogP contribution >= 0.6 is 0 Å². The van der Waals surface area contributed by atoms with Crippen LogP contribution in [0.5, 0.6) is 17.2 Å². The molecule has 0 atom stereocenters. The second-order valence-electron chi connectivity index (χ2n) is 7.49. The lowest BCUT2D eigenvalue weighted by molar-refractivity contribution is 0.179. The second-order valence-corrected chi connectivity index (χ2v) is 7.49. The van der Waals surface area contributed by atoms with E-state index in [2.05, 4.69) is 47.6 Å². The third-order valence-electron chi connectivity index (χ3n) is 5.75. The predicted octanol–water partition coefficient (Wildman–Crippen LogP) is 4.56. The van der Waals surface area contributed by atoms with Gasteiger partial charge in [-0.2, -0.15) is 0 Å². The number of methoxy groups -OCH3 is 3. The van der Waals surface area contributed by atoms with Crippen LogP contribution in [0.3, 0.4) is 0 Å². The van der Waals surface area contributed by atoms with Gasteiger partial charge in [-0.25, -0.2) is 0 Å². The number of nitrogens with zero attached hydrogens (tertiary/aromatic N) is 2. The molecule has 4 rings (SSSR count). The predicted molar refractivity (Wildman–Crippen MR) is 113 cm³/mol. The Hall–Kier alpha value is -2.66. The Labute approximate surface area is 166 Å².